The Morgan fingerprint density at radius 3 is 1.98 bits per heavy atom. The lowest BCUT2D eigenvalue weighted by molar-refractivity contribution is -0.147. The topological polar surface area (TPSA) is 72.8 Å². The largest absolute Gasteiger partial charge is 0.540 e. The van der Waals surface area contributed by atoms with Gasteiger partial charge in [0.15, 0.2) is 0 Å². The number of carboxylic acids is 1. The number of benzene rings is 3. The van der Waals surface area contributed by atoms with Gasteiger partial charge in [0.25, 0.3) is 0 Å². The second-order valence-electron chi connectivity index (χ2n) is 12.7. The van der Waals surface area contributed by atoms with Gasteiger partial charge in [0.2, 0.25) is 0 Å². The van der Waals surface area contributed by atoms with Gasteiger partial charge < -0.3 is 14.3 Å². The Kier molecular flexibility index (Phi) is 15.8. The van der Waals surface area contributed by atoms with Crippen molar-refractivity contribution in [3.05, 3.63) is 113 Å². The summed E-state index contributed by atoms with van der Waals surface area (Å²) in [5.74, 6) is -0.252. The van der Waals surface area contributed by atoms with Gasteiger partial charge in [0, 0.05) is 29.9 Å². The molecule has 0 saturated carbocycles. The minimum absolute atomic E-state index is 0.0321. The maximum absolute atomic E-state index is 12.0. The summed E-state index contributed by atoms with van der Waals surface area (Å²) in [6.45, 7) is 8.19. The molecule has 0 bridgehead atoms. The van der Waals surface area contributed by atoms with Gasteiger partial charge >= 0.3 is 21.7 Å². The molecule has 46 heavy (non-hydrogen) atoms. The SMILES string of the molecule is CCCCCCCCC/C=C(/O[Si]C(C)(C)C(c1ccccc1)c1ccccc1)c1cccc(C(CCCC(=O)O)OC(C)=O)c1. The Bertz CT molecular complexity index is 1310. The molecule has 0 saturated heterocycles. The molecule has 0 aliphatic carbocycles. The molecule has 2 radical (unpaired) electrons. The maximum atomic E-state index is 12.0. The maximum Gasteiger partial charge on any atom is 0.318 e. The Morgan fingerprint density at radius 2 is 1.39 bits per heavy atom. The quantitative estimate of drug-likeness (QED) is 0.0543. The van der Waals surface area contributed by atoms with Crippen molar-refractivity contribution in [3.8, 4) is 0 Å². The van der Waals surface area contributed by atoms with E-state index < -0.39 is 12.1 Å². The van der Waals surface area contributed by atoms with E-state index in [-0.39, 0.29) is 33.1 Å². The molecule has 0 fully saturated rings. The Labute approximate surface area is 279 Å². The van der Waals surface area contributed by atoms with Crippen molar-refractivity contribution in [2.24, 2.45) is 0 Å². The number of carbonyl (C=O) groups is 2. The number of unbranched alkanes of at least 4 members (excludes halogenated alkanes) is 7. The van der Waals surface area contributed by atoms with E-state index in [0.717, 1.165) is 29.7 Å². The summed E-state index contributed by atoms with van der Waals surface area (Å²) in [5.41, 5.74) is 4.31. The fraction of sp³-hybridized carbons (Fsp3) is 0.450. The van der Waals surface area contributed by atoms with Crippen LogP contribution in [0, 0.1) is 0 Å². The highest BCUT2D eigenvalue weighted by molar-refractivity contribution is 6.34. The average Bonchev–Trinajstić information content (AvgIpc) is 3.04. The molecular weight excluding hydrogens is 589 g/mol. The van der Waals surface area contributed by atoms with Crippen LogP contribution >= 0.6 is 0 Å². The zero-order valence-electron chi connectivity index (χ0n) is 28.2. The van der Waals surface area contributed by atoms with Crippen LogP contribution in [0.3, 0.4) is 0 Å². The molecule has 0 aromatic heterocycles. The van der Waals surface area contributed by atoms with Gasteiger partial charge in [-0.25, -0.2) is 0 Å². The van der Waals surface area contributed by atoms with Gasteiger partial charge in [0.05, 0.1) is 0 Å². The van der Waals surface area contributed by atoms with Crippen LogP contribution in [0.5, 0.6) is 0 Å². The third kappa shape index (κ3) is 12.6. The normalized spacial score (nSPS) is 12.6. The molecule has 246 valence electrons. The second-order valence-corrected chi connectivity index (χ2v) is 14.4. The molecule has 1 unspecified atom stereocenters. The first-order chi connectivity index (χ1) is 22.2. The van der Waals surface area contributed by atoms with Gasteiger partial charge in [0.1, 0.15) is 11.9 Å². The van der Waals surface area contributed by atoms with E-state index in [1.165, 1.54) is 56.6 Å². The van der Waals surface area contributed by atoms with E-state index in [4.69, 9.17) is 14.3 Å². The van der Waals surface area contributed by atoms with Gasteiger partial charge in [-0.15, -0.1) is 0 Å². The number of hydrogen-bond acceptors (Lipinski definition) is 4. The first kappa shape index (κ1) is 36.8. The van der Waals surface area contributed by atoms with Crippen LogP contribution < -0.4 is 0 Å². The first-order valence-corrected chi connectivity index (χ1v) is 17.9. The smallest absolute Gasteiger partial charge is 0.318 e. The third-order valence-electron chi connectivity index (χ3n) is 8.26. The van der Waals surface area contributed by atoms with E-state index in [9.17, 15) is 9.59 Å². The summed E-state index contributed by atoms with van der Waals surface area (Å²) < 4.78 is 12.5. The molecule has 3 aromatic carbocycles. The van der Waals surface area contributed by atoms with Gasteiger partial charge in [-0.1, -0.05) is 138 Å². The predicted molar refractivity (Wildman–Crippen MR) is 189 cm³/mol. The van der Waals surface area contributed by atoms with Crippen LogP contribution in [0.15, 0.2) is 91.0 Å². The minimum Gasteiger partial charge on any atom is -0.540 e. The van der Waals surface area contributed by atoms with Gasteiger partial charge in [-0.2, -0.15) is 0 Å². The standard InChI is InChI=1S/C40H52O5Si/c1-5-6-7-8-9-10-11-18-27-37(35-26-19-25-34(30-35)36(44-31(2)41)28-20-29-38(42)43)45-46-40(3,4)39(32-21-14-12-15-22-32)33-23-16-13-17-24-33/h12-17,19,21-27,30,36,39H,5-11,18,20,28-29H2,1-4H3,(H,42,43)/b37-27+. The highest BCUT2D eigenvalue weighted by Gasteiger charge is 2.35. The fourth-order valence-electron chi connectivity index (χ4n) is 5.94. The van der Waals surface area contributed by atoms with Crippen LogP contribution in [0.4, 0.5) is 0 Å². The summed E-state index contributed by atoms with van der Waals surface area (Å²) in [4.78, 5) is 23.1. The van der Waals surface area contributed by atoms with Crippen molar-refractivity contribution in [2.45, 2.75) is 115 Å². The van der Waals surface area contributed by atoms with Crippen molar-refractivity contribution in [2.75, 3.05) is 0 Å². The highest BCUT2D eigenvalue weighted by atomic mass is 28.2. The molecule has 0 amide bonds. The number of carboxylic acid groups (broad SMARTS) is 1. The lowest BCUT2D eigenvalue weighted by Gasteiger charge is -2.34. The molecule has 0 heterocycles. The van der Waals surface area contributed by atoms with Crippen molar-refractivity contribution >= 4 is 27.5 Å². The van der Waals surface area contributed by atoms with E-state index >= 15 is 0 Å². The molecule has 1 atom stereocenters. The molecule has 0 spiro atoms. The number of esters is 1. The van der Waals surface area contributed by atoms with Crippen LogP contribution in [0.1, 0.15) is 133 Å². The molecule has 3 rings (SSSR count). The van der Waals surface area contributed by atoms with Crippen molar-refractivity contribution in [1.29, 1.82) is 0 Å². The van der Waals surface area contributed by atoms with Gasteiger partial charge in [-0.3, -0.25) is 9.59 Å². The average molecular weight is 641 g/mol. The second kappa shape index (κ2) is 19.8. The summed E-state index contributed by atoms with van der Waals surface area (Å²) in [6, 6.07) is 29.3. The van der Waals surface area contributed by atoms with E-state index in [1.807, 2.05) is 24.3 Å². The summed E-state index contributed by atoms with van der Waals surface area (Å²) in [7, 11) is 0.174. The fourth-order valence-corrected chi connectivity index (χ4v) is 6.97. The number of ether oxygens (including phenoxy) is 1. The monoisotopic (exact) mass is 640 g/mol. The Morgan fingerprint density at radius 1 is 0.804 bits per heavy atom. The highest BCUT2D eigenvalue weighted by Crippen LogP contribution is 2.46. The summed E-state index contributed by atoms with van der Waals surface area (Å²) in [6.07, 6.45) is 12.2. The van der Waals surface area contributed by atoms with Crippen molar-refractivity contribution in [3.63, 3.8) is 0 Å². The zero-order valence-corrected chi connectivity index (χ0v) is 29.2. The van der Waals surface area contributed by atoms with Crippen LogP contribution in [0.25, 0.3) is 5.76 Å². The third-order valence-corrected chi connectivity index (χ3v) is 9.39. The van der Waals surface area contributed by atoms with Crippen molar-refractivity contribution in [1.82, 2.24) is 0 Å². The molecule has 0 aliphatic rings. The van der Waals surface area contributed by atoms with Crippen LogP contribution in [-0.4, -0.2) is 26.8 Å². The number of carbonyl (C=O) groups excluding carboxylic acids is 1. The number of aliphatic carboxylic acids is 1. The number of allylic oxidation sites excluding steroid dienone is 1. The Balaban J connectivity index is 1.87. The zero-order chi connectivity index (χ0) is 33.2. The van der Waals surface area contributed by atoms with Gasteiger partial charge in [-0.05, 0) is 54.5 Å². The predicted octanol–water partition coefficient (Wildman–Crippen LogP) is 10.7. The molecule has 5 nitrogen and oxygen atoms in total. The molecule has 6 heteroatoms. The lowest BCUT2D eigenvalue weighted by atomic mass is 9.82. The minimum atomic E-state index is -0.854. The summed E-state index contributed by atoms with van der Waals surface area (Å²) in [5, 5.41) is 8.94. The lowest BCUT2D eigenvalue weighted by Crippen LogP contribution is -2.25. The molecular formula is C40H52O5Si. The molecule has 0 aliphatic heterocycles. The van der Waals surface area contributed by atoms with E-state index in [2.05, 4.69) is 87.5 Å². The van der Waals surface area contributed by atoms with E-state index in [1.54, 1.807) is 0 Å². The number of rotatable bonds is 21. The van der Waals surface area contributed by atoms with E-state index in [0.29, 0.717) is 12.8 Å². The summed E-state index contributed by atoms with van der Waals surface area (Å²) >= 11 is 0. The van der Waals surface area contributed by atoms with Crippen molar-refractivity contribution < 1.29 is 23.9 Å². The van der Waals surface area contributed by atoms with Crippen LogP contribution in [0.2, 0.25) is 5.04 Å². The number of hydrogen-bond donors (Lipinski definition) is 1. The molecule has 1 N–H and O–H groups in total. The Hall–Kier alpha value is -3.64. The molecule has 3 aromatic rings. The van der Waals surface area contributed by atoms with Crippen LogP contribution in [-0.2, 0) is 18.8 Å². The first-order valence-electron chi connectivity index (χ1n) is 16.9.